The van der Waals surface area contributed by atoms with E-state index in [9.17, 15) is 22.0 Å². The van der Waals surface area contributed by atoms with Crippen molar-refractivity contribution >= 4 is 38.1 Å². The van der Waals surface area contributed by atoms with E-state index in [0.29, 0.717) is 30.8 Å². The summed E-state index contributed by atoms with van der Waals surface area (Å²) in [4.78, 5) is 16.7. The Morgan fingerprint density at radius 2 is 1.82 bits per heavy atom. The highest BCUT2D eigenvalue weighted by Crippen LogP contribution is 2.31. The van der Waals surface area contributed by atoms with E-state index in [1.807, 2.05) is 13.8 Å². The number of carbonyl (C=O) groups excluding carboxylic acids is 1. The number of rotatable bonds is 8. The standard InChI is InChI=1S/C21H25F2N5O3S2/c1-11(2)10-33(30,31)28-14-5-3-13(4-6-14)26-21-27-20(25)19(32-21)18(29)17-15(22)7-12(9-24)8-16(17)23/h7-8,11,13-14,28H,3-6,10,25H2,1-2H3,(H,26,27)/t13-,14-. The molecule has 8 nitrogen and oxygen atoms in total. The molecule has 0 amide bonds. The van der Waals surface area contributed by atoms with Crippen LogP contribution in [0.25, 0.3) is 0 Å². The maximum atomic E-state index is 14.2. The lowest BCUT2D eigenvalue weighted by Crippen LogP contribution is -2.41. The van der Waals surface area contributed by atoms with Gasteiger partial charge in [-0.25, -0.2) is 26.9 Å². The minimum atomic E-state index is -3.32. The molecule has 0 radical (unpaired) electrons. The first kappa shape index (κ1) is 25.0. The lowest BCUT2D eigenvalue weighted by Gasteiger charge is -2.29. The summed E-state index contributed by atoms with van der Waals surface area (Å²) in [6.45, 7) is 3.70. The molecule has 178 valence electrons. The van der Waals surface area contributed by atoms with E-state index < -0.39 is 33.0 Å². The Bertz CT molecular complexity index is 1160. The zero-order chi connectivity index (χ0) is 24.3. The minimum Gasteiger partial charge on any atom is -0.382 e. The Morgan fingerprint density at radius 3 is 2.36 bits per heavy atom. The molecule has 12 heteroatoms. The number of anilines is 2. The van der Waals surface area contributed by atoms with Gasteiger partial charge in [-0.15, -0.1) is 0 Å². The SMILES string of the molecule is CC(C)CS(=O)(=O)N[C@H]1CC[C@H](Nc2nc(N)c(C(=O)c3c(F)cc(C#N)cc3F)s2)CC1. The number of carbonyl (C=O) groups is 1. The molecular formula is C21H25F2N5O3S2. The molecule has 33 heavy (non-hydrogen) atoms. The summed E-state index contributed by atoms with van der Waals surface area (Å²) in [7, 11) is -3.32. The number of benzene rings is 1. The Kier molecular flexibility index (Phi) is 7.66. The van der Waals surface area contributed by atoms with Gasteiger partial charge in [0, 0.05) is 12.1 Å². The van der Waals surface area contributed by atoms with Crippen LogP contribution in [-0.4, -0.2) is 37.0 Å². The molecule has 3 rings (SSSR count). The van der Waals surface area contributed by atoms with Gasteiger partial charge in [-0.3, -0.25) is 4.79 Å². The summed E-state index contributed by atoms with van der Waals surface area (Å²) in [5.41, 5.74) is 4.82. The van der Waals surface area contributed by atoms with Crippen molar-refractivity contribution in [1.82, 2.24) is 9.71 Å². The predicted molar refractivity (Wildman–Crippen MR) is 122 cm³/mol. The summed E-state index contributed by atoms with van der Waals surface area (Å²) in [6, 6.07) is 3.07. The fourth-order valence-electron chi connectivity index (χ4n) is 3.80. The fraction of sp³-hybridized carbons (Fsp3) is 0.476. The van der Waals surface area contributed by atoms with Gasteiger partial charge in [0.2, 0.25) is 15.8 Å². The Balaban J connectivity index is 1.64. The quantitative estimate of drug-likeness (QED) is 0.475. The van der Waals surface area contributed by atoms with Gasteiger partial charge in [0.1, 0.15) is 22.3 Å². The van der Waals surface area contributed by atoms with Crippen molar-refractivity contribution < 1.29 is 22.0 Å². The lowest BCUT2D eigenvalue weighted by molar-refractivity contribution is 0.103. The van der Waals surface area contributed by atoms with Crippen molar-refractivity contribution in [3.8, 4) is 6.07 Å². The van der Waals surface area contributed by atoms with Crippen molar-refractivity contribution in [2.24, 2.45) is 5.92 Å². The van der Waals surface area contributed by atoms with Gasteiger partial charge in [0.25, 0.3) is 0 Å². The summed E-state index contributed by atoms with van der Waals surface area (Å²) in [5, 5.41) is 12.3. The third-order valence-electron chi connectivity index (χ3n) is 5.21. The van der Waals surface area contributed by atoms with Crippen molar-refractivity contribution in [2.75, 3.05) is 16.8 Å². The summed E-state index contributed by atoms with van der Waals surface area (Å²) in [5.74, 6) is -3.25. The number of nitriles is 1. The van der Waals surface area contributed by atoms with E-state index >= 15 is 0 Å². The highest BCUT2D eigenvalue weighted by molar-refractivity contribution is 7.89. The van der Waals surface area contributed by atoms with Crippen LogP contribution >= 0.6 is 11.3 Å². The third kappa shape index (κ3) is 6.25. The first-order valence-corrected chi connectivity index (χ1v) is 12.9. The molecule has 1 fully saturated rings. The largest absolute Gasteiger partial charge is 0.382 e. The van der Waals surface area contributed by atoms with Crippen LogP contribution in [0.5, 0.6) is 0 Å². The first-order chi connectivity index (χ1) is 15.5. The van der Waals surface area contributed by atoms with Gasteiger partial charge in [0.15, 0.2) is 5.13 Å². The number of nitrogens with two attached hydrogens (primary N) is 1. The summed E-state index contributed by atoms with van der Waals surface area (Å²) >= 11 is 0.894. The number of hydrogen-bond donors (Lipinski definition) is 3. The number of ketones is 1. The average Bonchev–Trinajstić information content (AvgIpc) is 3.07. The second kappa shape index (κ2) is 10.1. The number of halogens is 2. The van der Waals surface area contributed by atoms with Gasteiger partial charge in [-0.05, 0) is 43.7 Å². The zero-order valence-electron chi connectivity index (χ0n) is 18.2. The van der Waals surface area contributed by atoms with Crippen LogP contribution in [0.1, 0.15) is 60.3 Å². The van der Waals surface area contributed by atoms with E-state index in [0.717, 1.165) is 23.5 Å². The van der Waals surface area contributed by atoms with Crippen LogP contribution in [0.15, 0.2) is 12.1 Å². The second-order valence-electron chi connectivity index (χ2n) is 8.48. The number of nitrogen functional groups attached to an aromatic ring is 1. The normalized spacial score (nSPS) is 18.8. The van der Waals surface area contributed by atoms with Gasteiger partial charge in [-0.2, -0.15) is 5.26 Å². The second-order valence-corrected chi connectivity index (χ2v) is 11.3. The Labute approximate surface area is 195 Å². The van der Waals surface area contributed by atoms with E-state index in [1.54, 1.807) is 6.07 Å². The number of nitrogens with zero attached hydrogens (tertiary/aromatic N) is 2. The zero-order valence-corrected chi connectivity index (χ0v) is 19.8. The van der Waals surface area contributed by atoms with Crippen LogP contribution in [-0.2, 0) is 10.0 Å². The average molecular weight is 498 g/mol. The molecule has 1 aliphatic rings. The highest BCUT2D eigenvalue weighted by Gasteiger charge is 2.28. The number of thiazole rings is 1. The van der Waals surface area contributed by atoms with Gasteiger partial charge < -0.3 is 11.1 Å². The van der Waals surface area contributed by atoms with Gasteiger partial charge >= 0.3 is 0 Å². The van der Waals surface area contributed by atoms with Crippen molar-refractivity contribution in [3.63, 3.8) is 0 Å². The summed E-state index contributed by atoms with van der Waals surface area (Å²) < 4.78 is 55.5. The summed E-state index contributed by atoms with van der Waals surface area (Å²) in [6.07, 6.45) is 2.64. The molecule has 0 spiro atoms. The Morgan fingerprint density at radius 1 is 1.24 bits per heavy atom. The fourth-order valence-corrected chi connectivity index (χ4v) is 6.42. The number of nitrogens with one attached hydrogen (secondary N) is 2. The van der Waals surface area contributed by atoms with Gasteiger partial charge in [0.05, 0.1) is 22.9 Å². The molecule has 0 aliphatic heterocycles. The molecule has 0 unspecified atom stereocenters. The van der Waals surface area contributed by atoms with Crippen LogP contribution in [0, 0.1) is 28.9 Å². The molecule has 0 saturated heterocycles. The first-order valence-electron chi connectivity index (χ1n) is 10.5. The lowest BCUT2D eigenvalue weighted by atomic mass is 9.92. The molecule has 0 bridgehead atoms. The van der Waals surface area contributed by atoms with Crippen LogP contribution in [0.4, 0.5) is 19.7 Å². The van der Waals surface area contributed by atoms with Crippen LogP contribution in [0.3, 0.4) is 0 Å². The predicted octanol–water partition coefficient (Wildman–Crippen LogP) is 3.40. The van der Waals surface area contributed by atoms with Crippen molar-refractivity contribution in [1.29, 1.82) is 5.26 Å². The number of aromatic nitrogens is 1. The minimum absolute atomic E-state index is 0.00672. The third-order valence-corrected chi connectivity index (χ3v) is 8.01. The van der Waals surface area contributed by atoms with Gasteiger partial charge in [-0.1, -0.05) is 25.2 Å². The molecule has 1 saturated carbocycles. The van der Waals surface area contributed by atoms with Crippen molar-refractivity contribution in [2.45, 2.75) is 51.6 Å². The topological polar surface area (TPSA) is 138 Å². The number of sulfonamides is 1. The van der Waals surface area contributed by atoms with E-state index in [4.69, 9.17) is 11.0 Å². The van der Waals surface area contributed by atoms with Crippen LogP contribution < -0.4 is 15.8 Å². The van der Waals surface area contributed by atoms with E-state index in [-0.39, 0.29) is 40.0 Å². The van der Waals surface area contributed by atoms with Crippen molar-refractivity contribution in [3.05, 3.63) is 39.8 Å². The molecule has 1 aliphatic carbocycles. The molecule has 2 aromatic rings. The maximum Gasteiger partial charge on any atom is 0.212 e. The molecular weight excluding hydrogens is 472 g/mol. The smallest absolute Gasteiger partial charge is 0.212 e. The Hall–Kier alpha value is -2.62. The van der Waals surface area contributed by atoms with E-state index in [2.05, 4.69) is 15.0 Å². The number of hydrogen-bond acceptors (Lipinski definition) is 8. The molecule has 1 aromatic heterocycles. The monoisotopic (exact) mass is 497 g/mol. The molecule has 1 aromatic carbocycles. The molecule has 0 atom stereocenters. The van der Waals surface area contributed by atoms with E-state index in [1.165, 1.54) is 0 Å². The molecule has 4 N–H and O–H groups in total. The maximum absolute atomic E-state index is 14.2. The highest BCUT2D eigenvalue weighted by atomic mass is 32.2. The van der Waals surface area contributed by atoms with Crippen LogP contribution in [0.2, 0.25) is 0 Å². The molecule has 1 heterocycles.